The van der Waals surface area contributed by atoms with Crippen LogP contribution in [0.15, 0.2) is 17.6 Å². The molecule has 0 unspecified atom stereocenters. The van der Waals surface area contributed by atoms with Gasteiger partial charge in [0.1, 0.15) is 20.3 Å². The first-order valence-electron chi connectivity index (χ1n) is 9.02. The number of imidazole rings is 1. The second-order valence-electron chi connectivity index (χ2n) is 6.91. The normalized spacial score (nSPS) is 15.3. The molecule has 0 aliphatic heterocycles. The van der Waals surface area contributed by atoms with Gasteiger partial charge >= 0.3 is 0 Å². The van der Waals surface area contributed by atoms with E-state index in [4.69, 9.17) is 22.1 Å². The van der Waals surface area contributed by atoms with E-state index in [0.717, 1.165) is 6.42 Å². The highest BCUT2D eigenvalue weighted by atomic mass is 35.5. The van der Waals surface area contributed by atoms with Crippen molar-refractivity contribution in [3.05, 3.63) is 17.5 Å². The maximum absolute atomic E-state index is 13.1. The summed E-state index contributed by atoms with van der Waals surface area (Å²) in [7, 11) is 0. The van der Waals surface area contributed by atoms with Crippen molar-refractivity contribution in [1.82, 2.24) is 29.9 Å². The summed E-state index contributed by atoms with van der Waals surface area (Å²) in [4.78, 5) is 36.9. The molecule has 0 atom stereocenters. The zero-order chi connectivity index (χ0) is 20.6. The zero-order valence-electron chi connectivity index (χ0n) is 15.8. The number of H-pyrrole nitrogens is 1. The summed E-state index contributed by atoms with van der Waals surface area (Å²) < 4.78 is 4.85. The number of ether oxygens (including phenoxy) is 1. The summed E-state index contributed by atoms with van der Waals surface area (Å²) in [6.07, 6.45) is 5.11. The molecule has 1 fully saturated rings. The van der Waals surface area contributed by atoms with Gasteiger partial charge in [-0.3, -0.25) is 10.1 Å². The fourth-order valence-corrected chi connectivity index (χ4v) is 4.42. The largest absolute Gasteiger partial charge is 0.474 e. The van der Waals surface area contributed by atoms with E-state index in [-0.39, 0.29) is 34.8 Å². The number of aromatic amines is 1. The molecule has 4 rings (SSSR count). The number of fused-ring (bicyclic) bond motifs is 1. The number of rotatable bonds is 6. The van der Waals surface area contributed by atoms with Gasteiger partial charge in [0, 0.05) is 0 Å². The Bertz CT molecular complexity index is 1070. The van der Waals surface area contributed by atoms with Gasteiger partial charge in [-0.2, -0.15) is 9.97 Å². The molecule has 1 amide bonds. The molecule has 0 bridgehead atoms. The number of hydrogen-bond donors (Lipinski definition) is 3. The second-order valence-corrected chi connectivity index (χ2v) is 8.68. The molecule has 1 aliphatic carbocycles. The number of nitrogens with zero attached hydrogens (tertiary/aromatic N) is 5. The third kappa shape index (κ3) is 3.92. The van der Waals surface area contributed by atoms with Crippen LogP contribution >= 0.6 is 23.4 Å². The fraction of sp³-hybridized carbons (Fsp3) is 0.412. The molecule has 152 valence electrons. The number of anilines is 2. The highest BCUT2D eigenvalue weighted by Crippen LogP contribution is 2.49. The molecule has 3 aromatic heterocycles. The number of nitrogens with two attached hydrogens (primary N) is 1. The molecule has 0 spiro atoms. The molecule has 0 saturated heterocycles. The lowest BCUT2D eigenvalue weighted by Crippen LogP contribution is -2.46. The van der Waals surface area contributed by atoms with Crippen molar-refractivity contribution in [3.63, 3.8) is 0 Å². The highest BCUT2D eigenvalue weighted by Gasteiger charge is 2.46. The van der Waals surface area contributed by atoms with Crippen LogP contribution < -0.4 is 15.8 Å². The molecule has 12 heteroatoms. The van der Waals surface area contributed by atoms with Crippen molar-refractivity contribution in [1.29, 1.82) is 0 Å². The van der Waals surface area contributed by atoms with Gasteiger partial charge in [-0.05, 0) is 33.1 Å². The number of halogens is 1. The number of hydrogen-bond acceptors (Lipinski definition) is 9. The van der Waals surface area contributed by atoms with Gasteiger partial charge in [-0.1, -0.05) is 23.4 Å². The lowest BCUT2D eigenvalue weighted by molar-refractivity contribution is -0.120. The number of amides is 1. The SMILES string of the molecule is CC(C)Oc1nc(NC(=O)C2(Sc3nc(N)nc4nc[nH]c34)CCC2)ncc1Cl. The summed E-state index contributed by atoms with van der Waals surface area (Å²) in [5.74, 6) is 0.260. The Kier molecular flexibility index (Phi) is 5.17. The molecule has 1 aliphatic rings. The lowest BCUT2D eigenvalue weighted by Gasteiger charge is -2.38. The van der Waals surface area contributed by atoms with Gasteiger partial charge in [-0.25, -0.2) is 15.0 Å². The first-order valence-corrected chi connectivity index (χ1v) is 10.2. The summed E-state index contributed by atoms with van der Waals surface area (Å²) in [5.41, 5.74) is 6.91. The van der Waals surface area contributed by atoms with Crippen LogP contribution in [0, 0.1) is 0 Å². The molecular formula is C17H19ClN8O2S. The van der Waals surface area contributed by atoms with Crippen LogP contribution in [-0.4, -0.2) is 46.7 Å². The van der Waals surface area contributed by atoms with E-state index < -0.39 is 4.75 Å². The van der Waals surface area contributed by atoms with E-state index in [1.54, 1.807) is 0 Å². The summed E-state index contributed by atoms with van der Waals surface area (Å²) >= 11 is 7.41. The molecular weight excluding hydrogens is 416 g/mol. The van der Waals surface area contributed by atoms with Crippen molar-refractivity contribution < 1.29 is 9.53 Å². The number of aromatic nitrogens is 6. The third-order valence-corrected chi connectivity index (χ3v) is 6.15. The van der Waals surface area contributed by atoms with E-state index in [1.807, 2.05) is 13.8 Å². The van der Waals surface area contributed by atoms with Crippen molar-refractivity contribution in [2.24, 2.45) is 0 Å². The van der Waals surface area contributed by atoms with Crippen LogP contribution in [0.5, 0.6) is 5.88 Å². The standard InChI is InChI=1S/C17H19ClN8O2S/c1-8(2)28-12-9(18)6-20-16(24-12)26-14(27)17(4-3-5-17)29-13-10-11(22-7-21-10)23-15(19)25-13/h6-8H,3-5H2,1-2H3,(H,20,24,26,27)(H3,19,21,22,23,25). The van der Waals surface area contributed by atoms with Crippen molar-refractivity contribution in [2.45, 2.75) is 49.0 Å². The maximum atomic E-state index is 13.1. The van der Waals surface area contributed by atoms with Crippen molar-refractivity contribution in [3.8, 4) is 5.88 Å². The van der Waals surface area contributed by atoms with E-state index >= 15 is 0 Å². The maximum Gasteiger partial charge on any atom is 0.243 e. The molecule has 0 radical (unpaired) electrons. The number of carbonyl (C=O) groups is 1. The lowest BCUT2D eigenvalue weighted by atomic mass is 9.83. The van der Waals surface area contributed by atoms with Crippen LogP contribution in [0.3, 0.4) is 0 Å². The van der Waals surface area contributed by atoms with Crippen LogP contribution in [0.25, 0.3) is 11.2 Å². The van der Waals surface area contributed by atoms with E-state index in [1.165, 1.54) is 24.3 Å². The molecule has 0 aromatic carbocycles. The average Bonchev–Trinajstić information content (AvgIpc) is 3.08. The number of nitrogen functional groups attached to an aromatic ring is 1. The van der Waals surface area contributed by atoms with Gasteiger partial charge in [0.2, 0.25) is 23.7 Å². The first kappa shape index (κ1) is 19.6. The molecule has 3 aromatic rings. The fourth-order valence-electron chi connectivity index (χ4n) is 2.89. The van der Waals surface area contributed by atoms with Gasteiger partial charge < -0.3 is 15.5 Å². The van der Waals surface area contributed by atoms with Gasteiger partial charge in [0.15, 0.2) is 5.65 Å². The van der Waals surface area contributed by atoms with Gasteiger partial charge in [0.05, 0.1) is 18.6 Å². The van der Waals surface area contributed by atoms with E-state index in [9.17, 15) is 4.79 Å². The van der Waals surface area contributed by atoms with Gasteiger partial charge in [0.25, 0.3) is 0 Å². The first-order chi connectivity index (χ1) is 13.9. The quantitative estimate of drug-likeness (QED) is 0.498. The number of thioether (sulfide) groups is 1. The Labute approximate surface area is 175 Å². The average molecular weight is 435 g/mol. The molecule has 29 heavy (non-hydrogen) atoms. The summed E-state index contributed by atoms with van der Waals surface area (Å²) in [6.45, 7) is 3.72. The minimum absolute atomic E-state index is 0.110. The van der Waals surface area contributed by atoms with Crippen molar-refractivity contribution >= 4 is 52.3 Å². The topological polar surface area (TPSA) is 145 Å². The highest BCUT2D eigenvalue weighted by molar-refractivity contribution is 8.01. The van der Waals surface area contributed by atoms with Crippen molar-refractivity contribution in [2.75, 3.05) is 11.1 Å². The zero-order valence-corrected chi connectivity index (χ0v) is 17.3. The predicted octanol–water partition coefficient (Wildman–Crippen LogP) is 2.82. The number of carbonyl (C=O) groups excluding carboxylic acids is 1. The van der Waals surface area contributed by atoms with Crippen LogP contribution in [0.1, 0.15) is 33.1 Å². The third-order valence-electron chi connectivity index (χ3n) is 4.42. The Hall–Kier alpha value is -2.66. The molecule has 4 N–H and O–H groups in total. The van der Waals surface area contributed by atoms with Crippen LogP contribution in [0.4, 0.5) is 11.9 Å². The van der Waals surface area contributed by atoms with Gasteiger partial charge in [-0.15, -0.1) is 0 Å². The van der Waals surface area contributed by atoms with E-state index in [2.05, 4.69) is 35.2 Å². The summed E-state index contributed by atoms with van der Waals surface area (Å²) in [5, 5.41) is 3.65. The minimum atomic E-state index is -0.707. The predicted molar refractivity (Wildman–Crippen MR) is 110 cm³/mol. The number of nitrogens with one attached hydrogen (secondary N) is 2. The second kappa shape index (κ2) is 7.64. The minimum Gasteiger partial charge on any atom is -0.474 e. The molecule has 10 nitrogen and oxygen atoms in total. The van der Waals surface area contributed by atoms with Crippen LogP contribution in [0.2, 0.25) is 5.02 Å². The Morgan fingerprint density at radius 1 is 1.34 bits per heavy atom. The summed E-state index contributed by atoms with van der Waals surface area (Å²) in [6, 6.07) is 0. The molecule has 3 heterocycles. The Balaban J connectivity index is 1.57. The Morgan fingerprint density at radius 3 is 2.83 bits per heavy atom. The van der Waals surface area contributed by atoms with Crippen LogP contribution in [-0.2, 0) is 4.79 Å². The molecule has 1 saturated carbocycles. The Morgan fingerprint density at radius 2 is 2.14 bits per heavy atom. The monoisotopic (exact) mass is 434 g/mol. The van der Waals surface area contributed by atoms with E-state index in [0.29, 0.717) is 29.0 Å². The smallest absolute Gasteiger partial charge is 0.243 e.